The number of aryl methyl sites for hydroxylation is 4. The Kier molecular flexibility index (Phi) is 4.15. The summed E-state index contributed by atoms with van der Waals surface area (Å²) in [4.78, 5) is 0. The lowest BCUT2D eigenvalue weighted by Crippen LogP contribution is -2.03. The second-order valence-electron chi connectivity index (χ2n) is 5.43. The summed E-state index contributed by atoms with van der Waals surface area (Å²) >= 11 is 0. The maximum absolute atomic E-state index is 10.6. The van der Waals surface area contributed by atoms with Crippen LogP contribution in [0.2, 0.25) is 0 Å². The van der Waals surface area contributed by atoms with Crippen molar-refractivity contribution in [2.24, 2.45) is 0 Å². The summed E-state index contributed by atoms with van der Waals surface area (Å²) in [5.41, 5.74) is 6.36. The summed E-state index contributed by atoms with van der Waals surface area (Å²) < 4.78 is 5.37. The van der Waals surface area contributed by atoms with E-state index in [1.807, 2.05) is 32.0 Å². The Balaban J connectivity index is 2.42. The molecule has 20 heavy (non-hydrogen) atoms. The van der Waals surface area contributed by atoms with Gasteiger partial charge in [-0.25, -0.2) is 0 Å². The first-order valence-corrected chi connectivity index (χ1v) is 6.84. The molecule has 0 aliphatic carbocycles. The van der Waals surface area contributed by atoms with E-state index >= 15 is 0 Å². The fourth-order valence-corrected chi connectivity index (χ4v) is 2.59. The van der Waals surface area contributed by atoms with Crippen LogP contribution in [0.25, 0.3) is 0 Å². The molecule has 1 atom stereocenters. The van der Waals surface area contributed by atoms with Gasteiger partial charge in [-0.05, 0) is 73.2 Å². The van der Waals surface area contributed by atoms with Gasteiger partial charge in [-0.1, -0.05) is 18.2 Å². The summed E-state index contributed by atoms with van der Waals surface area (Å²) in [6.45, 7) is 8.15. The van der Waals surface area contributed by atoms with Crippen LogP contribution in [0.3, 0.4) is 0 Å². The second kappa shape index (κ2) is 5.68. The number of ether oxygens (including phenoxy) is 1. The first-order chi connectivity index (χ1) is 9.43. The van der Waals surface area contributed by atoms with Crippen molar-refractivity contribution in [3.8, 4) is 5.75 Å². The van der Waals surface area contributed by atoms with E-state index < -0.39 is 6.10 Å². The van der Waals surface area contributed by atoms with Crippen molar-refractivity contribution in [2.45, 2.75) is 33.8 Å². The van der Waals surface area contributed by atoms with E-state index in [0.29, 0.717) is 0 Å². The average Bonchev–Trinajstić information content (AvgIpc) is 2.40. The molecule has 2 aromatic carbocycles. The third-order valence-electron chi connectivity index (χ3n) is 3.85. The van der Waals surface area contributed by atoms with Crippen molar-refractivity contribution in [3.05, 3.63) is 63.7 Å². The van der Waals surface area contributed by atoms with Gasteiger partial charge in [0.05, 0.1) is 7.11 Å². The Morgan fingerprint density at radius 2 is 1.35 bits per heavy atom. The van der Waals surface area contributed by atoms with E-state index in [-0.39, 0.29) is 0 Å². The molecule has 2 heteroatoms. The van der Waals surface area contributed by atoms with E-state index in [2.05, 4.69) is 26.0 Å². The van der Waals surface area contributed by atoms with Crippen LogP contribution >= 0.6 is 0 Å². The number of rotatable bonds is 3. The standard InChI is InChI=1S/C18H22O2/c1-11-6-7-15(8-12(11)2)17(19)16-9-13(3)18(20-5)14(4)10-16/h6-10,17,19H,1-5H3. The van der Waals surface area contributed by atoms with Gasteiger partial charge in [-0.15, -0.1) is 0 Å². The van der Waals surface area contributed by atoms with Crippen molar-refractivity contribution < 1.29 is 9.84 Å². The predicted octanol–water partition coefficient (Wildman–Crippen LogP) is 4.01. The molecule has 2 aromatic rings. The lowest BCUT2D eigenvalue weighted by Gasteiger charge is -2.17. The van der Waals surface area contributed by atoms with Crippen LogP contribution in [0.1, 0.15) is 39.5 Å². The zero-order valence-corrected chi connectivity index (χ0v) is 12.8. The maximum Gasteiger partial charge on any atom is 0.124 e. The first kappa shape index (κ1) is 14.6. The van der Waals surface area contributed by atoms with Gasteiger partial charge in [0, 0.05) is 0 Å². The Morgan fingerprint density at radius 3 is 1.85 bits per heavy atom. The molecule has 0 heterocycles. The molecule has 0 saturated heterocycles. The molecule has 0 amide bonds. The summed E-state index contributed by atoms with van der Waals surface area (Å²) in [6.07, 6.45) is -0.599. The average molecular weight is 270 g/mol. The third-order valence-corrected chi connectivity index (χ3v) is 3.85. The first-order valence-electron chi connectivity index (χ1n) is 6.84. The lowest BCUT2D eigenvalue weighted by molar-refractivity contribution is 0.220. The highest BCUT2D eigenvalue weighted by atomic mass is 16.5. The van der Waals surface area contributed by atoms with Gasteiger partial charge in [0.2, 0.25) is 0 Å². The second-order valence-corrected chi connectivity index (χ2v) is 5.43. The smallest absolute Gasteiger partial charge is 0.124 e. The zero-order chi connectivity index (χ0) is 14.9. The van der Waals surface area contributed by atoms with Gasteiger partial charge < -0.3 is 9.84 Å². The highest BCUT2D eigenvalue weighted by Gasteiger charge is 2.14. The number of aliphatic hydroxyl groups excluding tert-OH is 1. The van der Waals surface area contributed by atoms with Crippen molar-refractivity contribution in [3.63, 3.8) is 0 Å². The Hall–Kier alpha value is -1.80. The minimum atomic E-state index is -0.599. The van der Waals surface area contributed by atoms with Gasteiger partial charge >= 0.3 is 0 Å². The van der Waals surface area contributed by atoms with Crippen LogP contribution in [0, 0.1) is 27.7 Å². The molecule has 0 saturated carbocycles. The van der Waals surface area contributed by atoms with Gasteiger partial charge in [-0.2, -0.15) is 0 Å². The topological polar surface area (TPSA) is 29.5 Å². The van der Waals surface area contributed by atoms with Crippen molar-refractivity contribution in [2.75, 3.05) is 7.11 Å². The van der Waals surface area contributed by atoms with Gasteiger partial charge in [0.1, 0.15) is 11.9 Å². The van der Waals surface area contributed by atoms with Crippen LogP contribution in [-0.2, 0) is 0 Å². The molecule has 0 bridgehead atoms. The van der Waals surface area contributed by atoms with Crippen LogP contribution in [0.15, 0.2) is 30.3 Å². The van der Waals surface area contributed by atoms with E-state index in [0.717, 1.165) is 28.0 Å². The van der Waals surface area contributed by atoms with Gasteiger partial charge in [-0.3, -0.25) is 0 Å². The number of aliphatic hydroxyl groups is 1. The quantitative estimate of drug-likeness (QED) is 0.913. The fourth-order valence-electron chi connectivity index (χ4n) is 2.59. The molecule has 0 fully saturated rings. The SMILES string of the molecule is COc1c(C)cc(C(O)c2ccc(C)c(C)c2)cc1C. The molecule has 1 unspecified atom stereocenters. The maximum atomic E-state index is 10.6. The minimum Gasteiger partial charge on any atom is -0.496 e. The zero-order valence-electron chi connectivity index (χ0n) is 12.8. The van der Waals surface area contributed by atoms with Crippen molar-refractivity contribution in [1.82, 2.24) is 0 Å². The molecule has 0 aliphatic heterocycles. The molecule has 0 aromatic heterocycles. The predicted molar refractivity (Wildman–Crippen MR) is 82.4 cm³/mol. The largest absolute Gasteiger partial charge is 0.496 e. The number of benzene rings is 2. The van der Waals surface area contributed by atoms with Crippen molar-refractivity contribution in [1.29, 1.82) is 0 Å². The third kappa shape index (κ3) is 2.70. The monoisotopic (exact) mass is 270 g/mol. The van der Waals surface area contributed by atoms with Gasteiger partial charge in [0.25, 0.3) is 0 Å². The lowest BCUT2D eigenvalue weighted by atomic mass is 9.95. The summed E-state index contributed by atoms with van der Waals surface area (Å²) in [6, 6.07) is 10.1. The Morgan fingerprint density at radius 1 is 0.800 bits per heavy atom. The Labute approximate surface area is 121 Å². The van der Waals surface area contributed by atoms with E-state index in [1.165, 1.54) is 11.1 Å². The van der Waals surface area contributed by atoms with E-state index in [4.69, 9.17) is 4.74 Å². The molecule has 0 aliphatic rings. The van der Waals surface area contributed by atoms with Gasteiger partial charge in [0.15, 0.2) is 0 Å². The fraction of sp³-hybridized carbons (Fsp3) is 0.333. The Bertz CT molecular complexity index is 606. The van der Waals surface area contributed by atoms with Crippen LogP contribution in [0.4, 0.5) is 0 Å². The molecule has 2 rings (SSSR count). The molecule has 0 spiro atoms. The number of hydrogen-bond acceptors (Lipinski definition) is 2. The molecular weight excluding hydrogens is 248 g/mol. The molecular formula is C18H22O2. The van der Waals surface area contributed by atoms with Crippen LogP contribution in [-0.4, -0.2) is 12.2 Å². The summed E-state index contributed by atoms with van der Waals surface area (Å²) in [5.74, 6) is 0.890. The highest BCUT2D eigenvalue weighted by Crippen LogP contribution is 2.30. The molecule has 0 radical (unpaired) electrons. The van der Waals surface area contributed by atoms with Crippen LogP contribution < -0.4 is 4.74 Å². The van der Waals surface area contributed by atoms with E-state index in [1.54, 1.807) is 7.11 Å². The summed E-state index contributed by atoms with van der Waals surface area (Å²) in [7, 11) is 1.68. The number of methoxy groups -OCH3 is 1. The van der Waals surface area contributed by atoms with E-state index in [9.17, 15) is 5.11 Å². The molecule has 106 valence electrons. The molecule has 1 N–H and O–H groups in total. The molecule has 2 nitrogen and oxygen atoms in total. The van der Waals surface area contributed by atoms with Crippen molar-refractivity contribution >= 4 is 0 Å². The highest BCUT2D eigenvalue weighted by molar-refractivity contribution is 5.46. The number of hydrogen-bond donors (Lipinski definition) is 1. The van der Waals surface area contributed by atoms with Crippen LogP contribution in [0.5, 0.6) is 5.75 Å². The normalized spacial score (nSPS) is 12.3. The minimum absolute atomic E-state index is 0.599. The summed E-state index contributed by atoms with van der Waals surface area (Å²) in [5, 5.41) is 10.6.